The van der Waals surface area contributed by atoms with Crippen molar-refractivity contribution >= 4 is 18.2 Å². The van der Waals surface area contributed by atoms with Crippen LogP contribution in [0.3, 0.4) is 0 Å². The summed E-state index contributed by atoms with van der Waals surface area (Å²) in [4.78, 5) is 0. The van der Waals surface area contributed by atoms with Crippen LogP contribution in [0.1, 0.15) is 43.0 Å². The molecule has 0 saturated heterocycles. The lowest BCUT2D eigenvalue weighted by atomic mass is 9.97. The highest BCUT2D eigenvalue weighted by atomic mass is 16.7. The Morgan fingerprint density at radius 1 is 0.743 bits per heavy atom. The van der Waals surface area contributed by atoms with Crippen LogP contribution in [0.15, 0.2) is 91.2 Å². The molecule has 1 atom stereocenters. The second kappa shape index (κ2) is 12.6. The van der Waals surface area contributed by atoms with Crippen molar-refractivity contribution in [1.82, 2.24) is 0 Å². The number of ether oxygens (including phenoxy) is 3. The molecular weight excluding hydrogens is 436 g/mol. The number of aliphatic hydroxyl groups is 1. The van der Waals surface area contributed by atoms with Gasteiger partial charge in [-0.25, -0.2) is 0 Å². The molecule has 35 heavy (non-hydrogen) atoms. The average molecular weight is 471 g/mol. The van der Waals surface area contributed by atoms with E-state index in [1.165, 1.54) is 5.56 Å². The van der Waals surface area contributed by atoms with Crippen molar-refractivity contribution in [2.75, 3.05) is 7.11 Å². The summed E-state index contributed by atoms with van der Waals surface area (Å²) >= 11 is 0. The second-order valence-corrected chi connectivity index (χ2v) is 8.87. The van der Waals surface area contributed by atoms with Crippen molar-refractivity contribution < 1.29 is 19.3 Å². The van der Waals surface area contributed by atoms with E-state index in [0.29, 0.717) is 0 Å². The highest BCUT2D eigenvalue weighted by molar-refractivity contribution is 5.58. The first kappa shape index (κ1) is 25.9. The Kier molecular flexibility index (Phi) is 9.33. The highest BCUT2D eigenvalue weighted by Gasteiger charge is 2.20. The molecule has 0 radical (unpaired) electrons. The summed E-state index contributed by atoms with van der Waals surface area (Å²) in [6.45, 7) is 6.03. The zero-order valence-electron chi connectivity index (χ0n) is 20.8. The third-order valence-corrected chi connectivity index (χ3v) is 5.35. The van der Waals surface area contributed by atoms with Gasteiger partial charge < -0.3 is 19.3 Å². The number of aliphatic hydroxyl groups excluding tert-OH is 1. The number of benzene rings is 3. The van der Waals surface area contributed by atoms with Gasteiger partial charge in [0.15, 0.2) is 6.29 Å². The van der Waals surface area contributed by atoms with Crippen LogP contribution in [0.25, 0.3) is 18.2 Å². The van der Waals surface area contributed by atoms with Gasteiger partial charge in [0.25, 0.3) is 0 Å². The quantitative estimate of drug-likeness (QED) is 0.177. The summed E-state index contributed by atoms with van der Waals surface area (Å²) in [5.74, 6) is 1.62. The normalized spacial score (nSPS) is 13.0. The summed E-state index contributed by atoms with van der Waals surface area (Å²) in [6, 6.07) is 24.1. The molecule has 3 aromatic carbocycles. The summed E-state index contributed by atoms with van der Waals surface area (Å²) in [5, 5.41) is 8.89. The zero-order valence-corrected chi connectivity index (χ0v) is 20.8. The largest absolute Gasteiger partial charge is 0.516 e. The maximum atomic E-state index is 8.89. The third kappa shape index (κ3) is 8.84. The number of allylic oxidation sites excluding steroid dienone is 2. The van der Waals surface area contributed by atoms with Crippen molar-refractivity contribution in [2.24, 2.45) is 0 Å². The minimum Gasteiger partial charge on any atom is -0.516 e. The molecule has 1 N–H and O–H groups in total. The van der Waals surface area contributed by atoms with Gasteiger partial charge in [0.1, 0.15) is 17.1 Å². The molecule has 182 valence electrons. The average Bonchev–Trinajstić information content (AvgIpc) is 2.85. The minimum atomic E-state index is -0.351. The summed E-state index contributed by atoms with van der Waals surface area (Å²) in [5.41, 5.74) is 4.00. The number of hydrogen-bond acceptors (Lipinski definition) is 4. The van der Waals surface area contributed by atoms with Gasteiger partial charge in [-0.1, -0.05) is 72.8 Å². The topological polar surface area (TPSA) is 47.9 Å². The molecule has 0 heterocycles. The molecule has 0 fully saturated rings. The molecule has 0 aliphatic carbocycles. The maximum absolute atomic E-state index is 8.89. The first-order valence-electron chi connectivity index (χ1n) is 11.7. The van der Waals surface area contributed by atoms with E-state index >= 15 is 0 Å². The van der Waals surface area contributed by atoms with E-state index in [1.807, 2.05) is 73.7 Å². The van der Waals surface area contributed by atoms with E-state index in [9.17, 15) is 0 Å². The van der Waals surface area contributed by atoms with Crippen molar-refractivity contribution in [1.29, 1.82) is 0 Å². The van der Waals surface area contributed by atoms with Crippen LogP contribution in [0.2, 0.25) is 0 Å². The fourth-order valence-electron chi connectivity index (χ4n) is 3.56. The molecule has 0 bridgehead atoms. The Balaban J connectivity index is 1.51. The maximum Gasteiger partial charge on any atom is 0.196 e. The van der Waals surface area contributed by atoms with Crippen LogP contribution in [0.5, 0.6) is 11.5 Å². The Bertz CT molecular complexity index is 1120. The molecule has 0 aliphatic heterocycles. The van der Waals surface area contributed by atoms with Crippen LogP contribution >= 0.6 is 0 Å². The molecule has 0 aliphatic rings. The van der Waals surface area contributed by atoms with Crippen molar-refractivity contribution in [3.8, 4) is 11.5 Å². The minimum absolute atomic E-state index is 0.268. The van der Waals surface area contributed by atoms with Crippen LogP contribution in [0.4, 0.5) is 0 Å². The van der Waals surface area contributed by atoms with Crippen molar-refractivity contribution in [3.63, 3.8) is 0 Å². The Morgan fingerprint density at radius 2 is 1.23 bits per heavy atom. The lowest BCUT2D eigenvalue weighted by Crippen LogP contribution is -2.30. The summed E-state index contributed by atoms with van der Waals surface area (Å²) < 4.78 is 17.0. The number of rotatable bonds is 11. The van der Waals surface area contributed by atoms with E-state index in [4.69, 9.17) is 19.3 Å². The molecule has 4 heteroatoms. The first-order valence-corrected chi connectivity index (χ1v) is 11.7. The lowest BCUT2D eigenvalue weighted by molar-refractivity contribution is -0.0382. The van der Waals surface area contributed by atoms with Gasteiger partial charge in [0.05, 0.1) is 6.26 Å². The summed E-state index contributed by atoms with van der Waals surface area (Å²) in [7, 11) is 1.62. The highest BCUT2D eigenvalue weighted by Crippen LogP contribution is 2.23. The van der Waals surface area contributed by atoms with E-state index in [-0.39, 0.29) is 11.9 Å². The number of methoxy groups -OCH3 is 1. The van der Waals surface area contributed by atoms with Gasteiger partial charge in [-0.2, -0.15) is 0 Å². The van der Waals surface area contributed by atoms with Gasteiger partial charge in [-0.3, -0.25) is 0 Å². The monoisotopic (exact) mass is 470 g/mol. The molecule has 0 saturated carbocycles. The van der Waals surface area contributed by atoms with Gasteiger partial charge >= 0.3 is 0 Å². The third-order valence-electron chi connectivity index (χ3n) is 5.35. The first-order chi connectivity index (χ1) is 16.9. The molecule has 0 aromatic heterocycles. The lowest BCUT2D eigenvalue weighted by Gasteiger charge is -2.27. The fourth-order valence-corrected chi connectivity index (χ4v) is 3.56. The molecular formula is C31H34O4. The Hall–Kier alpha value is -3.76. The van der Waals surface area contributed by atoms with Crippen molar-refractivity contribution in [3.05, 3.63) is 113 Å². The van der Waals surface area contributed by atoms with Crippen LogP contribution < -0.4 is 9.47 Å². The molecule has 1 unspecified atom stereocenters. The molecule has 3 rings (SSSR count). The van der Waals surface area contributed by atoms with Gasteiger partial charge in [-0.05, 0) is 73.4 Å². The van der Waals surface area contributed by atoms with Gasteiger partial charge in [0.2, 0.25) is 0 Å². The molecule has 3 aromatic rings. The van der Waals surface area contributed by atoms with Crippen molar-refractivity contribution in [2.45, 2.75) is 39.1 Å². The predicted molar refractivity (Wildman–Crippen MR) is 145 cm³/mol. The zero-order chi connectivity index (χ0) is 25.1. The van der Waals surface area contributed by atoms with Gasteiger partial charge in [-0.15, -0.1) is 0 Å². The summed E-state index contributed by atoms with van der Waals surface area (Å²) in [6.07, 6.45) is 11.4. The van der Waals surface area contributed by atoms with Crippen LogP contribution in [-0.2, 0) is 11.2 Å². The predicted octanol–water partition coefficient (Wildman–Crippen LogP) is 7.71. The molecule has 4 nitrogen and oxygen atoms in total. The smallest absolute Gasteiger partial charge is 0.196 e. The van der Waals surface area contributed by atoms with E-state index < -0.39 is 0 Å². The van der Waals surface area contributed by atoms with E-state index in [1.54, 1.807) is 13.2 Å². The fraction of sp³-hybridized carbons (Fsp3) is 0.226. The second-order valence-electron chi connectivity index (χ2n) is 8.87. The number of hydrogen-bond donors (Lipinski definition) is 1. The van der Waals surface area contributed by atoms with Crippen LogP contribution in [-0.4, -0.2) is 24.1 Å². The Morgan fingerprint density at radius 3 is 1.74 bits per heavy atom. The van der Waals surface area contributed by atoms with E-state index in [2.05, 4.69) is 44.2 Å². The van der Waals surface area contributed by atoms with E-state index in [0.717, 1.165) is 40.9 Å². The SMILES string of the molecule is COC(C)Oc1ccc(C=CC=Cc2ccc(OC(C)(C)Cc3ccc(C=CO)cc3)cc2)cc1. The van der Waals surface area contributed by atoms with Gasteiger partial charge in [0, 0.05) is 13.5 Å². The molecule has 0 amide bonds. The Labute approximate surface area is 208 Å². The standard InChI is InChI=1S/C31H34O4/c1-24(33-4)34-29-17-13-25(14-18-29)7-5-6-8-26-15-19-30(20-16-26)35-31(2,3)23-28-11-9-27(10-12-28)21-22-32/h5-22,24,32H,23H2,1-4H3. The molecule has 0 spiro atoms. The van der Waals surface area contributed by atoms with Crippen LogP contribution in [0, 0.1) is 0 Å².